The van der Waals surface area contributed by atoms with Crippen molar-refractivity contribution >= 4 is 34.9 Å². The van der Waals surface area contributed by atoms with Crippen LogP contribution < -0.4 is 30.2 Å². The van der Waals surface area contributed by atoms with Gasteiger partial charge in [0.05, 0.1) is 27.9 Å². The van der Waals surface area contributed by atoms with Crippen LogP contribution in [0.2, 0.25) is 0 Å². The Morgan fingerprint density at radius 2 is 1.51 bits per heavy atom. The van der Waals surface area contributed by atoms with E-state index in [0.29, 0.717) is 34.8 Å². The Bertz CT molecular complexity index is 1180. The molecule has 0 spiro atoms. The Balaban J connectivity index is 1.82. The van der Waals surface area contributed by atoms with Gasteiger partial charge in [-0.1, -0.05) is 12.1 Å². The number of guanidine groups is 1. The fraction of sp³-hybridized carbons (Fsp3) is 0.250. The summed E-state index contributed by atoms with van der Waals surface area (Å²) in [5.74, 6) is 1.78. The van der Waals surface area contributed by atoms with Crippen LogP contribution in [0.25, 0.3) is 0 Å². The van der Waals surface area contributed by atoms with E-state index in [-0.39, 0.29) is 17.5 Å². The number of anilines is 2. The summed E-state index contributed by atoms with van der Waals surface area (Å²) < 4.78 is 29.4. The molecule has 3 aromatic rings. The average Bonchev–Trinajstić information content (AvgIpc) is 2.82. The highest BCUT2D eigenvalue weighted by Gasteiger charge is 2.14. The molecular formula is C24H27FN6O3S. The maximum Gasteiger partial charge on any atom is 0.229 e. The number of ether oxygens (including phenoxy) is 3. The first-order valence-electron chi connectivity index (χ1n) is 10.6. The number of aryl methyl sites for hydroxylation is 2. The third kappa shape index (κ3) is 7.24. The van der Waals surface area contributed by atoms with E-state index in [2.05, 4.69) is 30.9 Å². The van der Waals surface area contributed by atoms with E-state index >= 15 is 0 Å². The summed E-state index contributed by atoms with van der Waals surface area (Å²) >= 11 is 5.50. The van der Waals surface area contributed by atoms with Crippen LogP contribution in [0.4, 0.5) is 16.0 Å². The van der Waals surface area contributed by atoms with E-state index in [1.807, 2.05) is 19.9 Å². The molecule has 9 nitrogen and oxygen atoms in total. The van der Waals surface area contributed by atoms with Crippen molar-refractivity contribution in [3.8, 4) is 17.2 Å². The maximum absolute atomic E-state index is 13.3. The van der Waals surface area contributed by atoms with Gasteiger partial charge in [-0.15, -0.1) is 0 Å². The maximum atomic E-state index is 13.3. The molecule has 3 N–H and O–H groups in total. The molecule has 0 aliphatic carbocycles. The number of hydrogen-bond acceptors (Lipinski definition) is 7. The van der Waals surface area contributed by atoms with Crippen molar-refractivity contribution in [1.82, 2.24) is 15.3 Å². The molecule has 0 aliphatic rings. The van der Waals surface area contributed by atoms with E-state index in [0.717, 1.165) is 17.0 Å². The third-order valence-corrected chi connectivity index (χ3v) is 4.90. The van der Waals surface area contributed by atoms with E-state index in [1.54, 1.807) is 24.3 Å². The normalized spacial score (nSPS) is 11.0. The van der Waals surface area contributed by atoms with Crippen molar-refractivity contribution in [2.75, 3.05) is 32.0 Å². The Kier molecular flexibility index (Phi) is 8.74. The van der Waals surface area contributed by atoms with Gasteiger partial charge in [0.25, 0.3) is 0 Å². The van der Waals surface area contributed by atoms with Crippen LogP contribution in [-0.4, -0.2) is 42.4 Å². The molecule has 0 aliphatic heterocycles. The Hall–Kier alpha value is -3.99. The number of aromatic nitrogens is 2. The van der Waals surface area contributed by atoms with Gasteiger partial charge in [0.1, 0.15) is 5.82 Å². The lowest BCUT2D eigenvalue weighted by molar-refractivity contribution is 0.324. The second kappa shape index (κ2) is 11.9. The second-order valence-corrected chi connectivity index (χ2v) is 7.79. The first kappa shape index (κ1) is 25.6. The molecule has 11 heteroatoms. The molecule has 2 aromatic carbocycles. The van der Waals surface area contributed by atoms with E-state index in [9.17, 15) is 4.39 Å². The van der Waals surface area contributed by atoms with Crippen molar-refractivity contribution < 1.29 is 18.6 Å². The topological polar surface area (TPSA) is 102 Å². The first-order chi connectivity index (χ1) is 16.8. The van der Waals surface area contributed by atoms with Crippen molar-refractivity contribution in [1.29, 1.82) is 0 Å². The second-order valence-electron chi connectivity index (χ2n) is 7.38. The number of hydrogen-bond donors (Lipinski definition) is 3. The molecule has 0 saturated carbocycles. The Morgan fingerprint density at radius 3 is 2.06 bits per heavy atom. The van der Waals surface area contributed by atoms with Gasteiger partial charge in [-0.2, -0.15) is 0 Å². The van der Waals surface area contributed by atoms with Gasteiger partial charge < -0.3 is 24.8 Å². The minimum absolute atomic E-state index is 0.244. The fourth-order valence-electron chi connectivity index (χ4n) is 3.18. The summed E-state index contributed by atoms with van der Waals surface area (Å²) in [5, 5.41) is 9.42. The van der Waals surface area contributed by atoms with E-state index in [4.69, 9.17) is 26.4 Å². The van der Waals surface area contributed by atoms with Crippen molar-refractivity contribution in [2.24, 2.45) is 4.99 Å². The molecule has 0 atom stereocenters. The first-order valence-corrected chi connectivity index (χ1v) is 11.0. The number of rotatable bonds is 7. The van der Waals surface area contributed by atoms with Crippen molar-refractivity contribution in [3.63, 3.8) is 0 Å². The zero-order chi connectivity index (χ0) is 25.4. The molecular weight excluding hydrogens is 471 g/mol. The minimum atomic E-state index is -0.312. The smallest absolute Gasteiger partial charge is 0.229 e. The lowest BCUT2D eigenvalue weighted by Crippen LogP contribution is -2.39. The predicted molar refractivity (Wildman–Crippen MR) is 138 cm³/mol. The highest BCUT2D eigenvalue weighted by molar-refractivity contribution is 7.80. The number of methoxy groups -OCH3 is 3. The van der Waals surface area contributed by atoms with Crippen LogP contribution in [0.3, 0.4) is 0 Å². The van der Waals surface area contributed by atoms with E-state index in [1.165, 1.54) is 33.5 Å². The quantitative estimate of drug-likeness (QED) is 0.251. The van der Waals surface area contributed by atoms with Crippen LogP contribution in [0.1, 0.15) is 17.0 Å². The van der Waals surface area contributed by atoms with E-state index < -0.39 is 0 Å². The van der Waals surface area contributed by atoms with Crippen molar-refractivity contribution in [3.05, 3.63) is 65.2 Å². The van der Waals surface area contributed by atoms with Gasteiger partial charge in [0.15, 0.2) is 16.6 Å². The number of aliphatic imine (C=N–C) groups is 1. The van der Waals surface area contributed by atoms with Crippen LogP contribution in [-0.2, 0) is 6.54 Å². The van der Waals surface area contributed by atoms with Gasteiger partial charge in [-0.25, -0.2) is 19.4 Å². The average molecular weight is 499 g/mol. The van der Waals surface area contributed by atoms with Crippen LogP contribution in [0.15, 0.2) is 47.5 Å². The summed E-state index contributed by atoms with van der Waals surface area (Å²) in [6, 6.07) is 11.4. The molecule has 0 radical (unpaired) electrons. The van der Waals surface area contributed by atoms with Gasteiger partial charge >= 0.3 is 0 Å². The Labute approximate surface area is 208 Å². The summed E-state index contributed by atoms with van der Waals surface area (Å²) in [7, 11) is 4.60. The summed E-state index contributed by atoms with van der Waals surface area (Å²) in [4.78, 5) is 13.3. The van der Waals surface area contributed by atoms with Crippen LogP contribution in [0.5, 0.6) is 17.2 Å². The molecule has 0 fully saturated rings. The molecule has 1 aromatic heterocycles. The number of benzene rings is 2. The van der Waals surface area contributed by atoms with Crippen molar-refractivity contribution in [2.45, 2.75) is 20.4 Å². The SMILES string of the molecule is COc1cc(NC(=S)NC(=NCc2ccc(F)cc2)Nc2nc(C)cc(C)n2)cc(OC)c1OC. The summed E-state index contributed by atoms with van der Waals surface area (Å²) in [6.45, 7) is 4.02. The van der Waals surface area contributed by atoms with Gasteiger partial charge in [0.2, 0.25) is 17.7 Å². The molecule has 35 heavy (non-hydrogen) atoms. The summed E-state index contributed by atoms with van der Waals surface area (Å²) in [6.07, 6.45) is 0. The predicted octanol–water partition coefficient (Wildman–Crippen LogP) is 4.21. The molecule has 184 valence electrons. The lowest BCUT2D eigenvalue weighted by Gasteiger charge is -2.17. The van der Waals surface area contributed by atoms with Gasteiger partial charge in [0, 0.05) is 29.2 Å². The summed E-state index contributed by atoms with van der Waals surface area (Å²) in [5.41, 5.74) is 3.03. The van der Waals surface area contributed by atoms with Crippen LogP contribution in [0, 0.1) is 19.7 Å². The minimum Gasteiger partial charge on any atom is -0.493 e. The lowest BCUT2D eigenvalue weighted by atomic mass is 10.2. The zero-order valence-electron chi connectivity index (χ0n) is 20.1. The Morgan fingerprint density at radius 1 is 0.914 bits per heavy atom. The molecule has 1 heterocycles. The van der Waals surface area contributed by atoms with Crippen LogP contribution >= 0.6 is 12.2 Å². The molecule has 0 unspecified atom stereocenters. The third-order valence-electron chi connectivity index (χ3n) is 4.70. The largest absolute Gasteiger partial charge is 0.493 e. The number of thiocarbonyl (C=S) groups is 1. The molecule has 0 amide bonds. The number of nitrogens with zero attached hydrogens (tertiary/aromatic N) is 3. The highest BCUT2D eigenvalue weighted by Crippen LogP contribution is 2.39. The molecule has 0 bridgehead atoms. The molecule has 0 saturated heterocycles. The standard InChI is InChI=1S/C24H27FN6O3S/c1-14-10-15(2)28-23(27-14)30-22(26-13-16-6-8-17(25)9-7-16)31-24(35)29-18-11-19(32-3)21(34-5)20(12-18)33-4/h6-12H,13H2,1-5H3,(H3,26,27,28,29,30,31,35). The monoisotopic (exact) mass is 498 g/mol. The number of nitrogens with one attached hydrogen (secondary N) is 3. The number of halogens is 1. The zero-order valence-corrected chi connectivity index (χ0v) is 20.9. The highest BCUT2D eigenvalue weighted by atomic mass is 32.1. The van der Waals surface area contributed by atoms with Gasteiger partial charge in [-0.05, 0) is 49.8 Å². The van der Waals surface area contributed by atoms with Gasteiger partial charge in [-0.3, -0.25) is 5.32 Å². The fourth-order valence-corrected chi connectivity index (χ4v) is 3.40. The molecule has 3 rings (SSSR count).